The molecule has 1 N–H and O–H groups in total. The SMILES string of the molecule is CCCCCCCCCC(=O)NCC[N+](C)(C)C. The van der Waals surface area contributed by atoms with Gasteiger partial charge in [-0.25, -0.2) is 0 Å². The molecule has 0 rings (SSSR count). The summed E-state index contributed by atoms with van der Waals surface area (Å²) in [6, 6.07) is 0. The summed E-state index contributed by atoms with van der Waals surface area (Å²) in [7, 11) is 6.42. The van der Waals surface area contributed by atoms with Crippen LogP contribution in [-0.2, 0) is 4.79 Å². The Bertz CT molecular complexity index is 209. The van der Waals surface area contributed by atoms with E-state index in [9.17, 15) is 4.79 Å². The Balaban J connectivity index is 3.27. The van der Waals surface area contributed by atoms with Gasteiger partial charge in [0.15, 0.2) is 0 Å². The first kappa shape index (κ1) is 17.4. The summed E-state index contributed by atoms with van der Waals surface area (Å²) in [5, 5.41) is 3.00. The van der Waals surface area contributed by atoms with Crippen molar-refractivity contribution < 1.29 is 9.28 Å². The number of rotatable bonds is 11. The number of unbranched alkanes of at least 4 members (excludes halogenated alkanes) is 6. The standard InChI is InChI=1S/C15H32N2O/c1-5-6-7-8-9-10-11-12-15(18)16-13-14-17(2,3)4/h5-14H2,1-4H3/p+1. The largest absolute Gasteiger partial charge is 0.350 e. The average molecular weight is 257 g/mol. The number of amides is 1. The number of carbonyl (C=O) groups is 1. The minimum atomic E-state index is 0.219. The molecule has 0 unspecified atom stereocenters. The van der Waals surface area contributed by atoms with Crippen molar-refractivity contribution in [3.05, 3.63) is 0 Å². The highest BCUT2D eigenvalue weighted by Crippen LogP contribution is 2.08. The second kappa shape index (κ2) is 10.4. The fraction of sp³-hybridized carbons (Fsp3) is 0.933. The molecule has 3 nitrogen and oxygen atoms in total. The maximum Gasteiger partial charge on any atom is 0.220 e. The predicted octanol–water partition coefficient (Wildman–Crippen LogP) is 2.95. The summed E-state index contributed by atoms with van der Waals surface area (Å²) in [5.74, 6) is 0.219. The van der Waals surface area contributed by atoms with Crippen LogP contribution in [0, 0.1) is 0 Å². The van der Waals surface area contributed by atoms with Crippen molar-refractivity contribution in [2.24, 2.45) is 0 Å². The molecule has 0 saturated heterocycles. The van der Waals surface area contributed by atoms with Crippen LogP contribution < -0.4 is 5.32 Å². The zero-order chi connectivity index (χ0) is 13.9. The first-order valence-corrected chi connectivity index (χ1v) is 7.53. The number of hydrogen-bond acceptors (Lipinski definition) is 1. The first-order valence-electron chi connectivity index (χ1n) is 7.53. The number of quaternary nitrogens is 1. The molecule has 0 heterocycles. The Hall–Kier alpha value is -0.570. The van der Waals surface area contributed by atoms with Crippen molar-refractivity contribution in [3.63, 3.8) is 0 Å². The number of carbonyl (C=O) groups excluding carboxylic acids is 1. The lowest BCUT2D eigenvalue weighted by molar-refractivity contribution is -0.869. The summed E-state index contributed by atoms with van der Waals surface area (Å²) in [5.41, 5.74) is 0. The van der Waals surface area contributed by atoms with E-state index in [1.807, 2.05) is 0 Å². The van der Waals surface area contributed by atoms with Gasteiger partial charge in [0, 0.05) is 6.42 Å². The molecule has 0 atom stereocenters. The summed E-state index contributed by atoms with van der Waals surface area (Å²) >= 11 is 0. The molecule has 0 aromatic rings. The second-order valence-electron chi connectivity index (χ2n) is 6.24. The van der Waals surface area contributed by atoms with Gasteiger partial charge in [0.25, 0.3) is 0 Å². The van der Waals surface area contributed by atoms with Gasteiger partial charge in [-0.1, -0.05) is 45.4 Å². The van der Waals surface area contributed by atoms with Crippen LogP contribution >= 0.6 is 0 Å². The van der Waals surface area contributed by atoms with Crippen LogP contribution in [0.3, 0.4) is 0 Å². The third-order valence-corrected chi connectivity index (χ3v) is 3.11. The molecule has 0 aromatic carbocycles. The summed E-state index contributed by atoms with van der Waals surface area (Å²) < 4.78 is 0.901. The Kier molecular flexibility index (Phi) is 10.0. The molecule has 0 aliphatic carbocycles. The van der Waals surface area contributed by atoms with Crippen LogP contribution in [0.25, 0.3) is 0 Å². The first-order chi connectivity index (χ1) is 8.45. The molecule has 18 heavy (non-hydrogen) atoms. The van der Waals surface area contributed by atoms with Crippen molar-refractivity contribution in [3.8, 4) is 0 Å². The molecule has 0 aliphatic heterocycles. The summed E-state index contributed by atoms with van der Waals surface area (Å²) in [6.07, 6.45) is 9.56. The zero-order valence-corrected chi connectivity index (χ0v) is 12.9. The Morgan fingerprint density at radius 3 is 2.06 bits per heavy atom. The predicted molar refractivity (Wildman–Crippen MR) is 78.5 cm³/mol. The number of nitrogens with one attached hydrogen (secondary N) is 1. The van der Waals surface area contributed by atoms with Crippen molar-refractivity contribution in [1.82, 2.24) is 5.32 Å². The van der Waals surface area contributed by atoms with Gasteiger partial charge in [-0.05, 0) is 6.42 Å². The topological polar surface area (TPSA) is 29.1 Å². The molecule has 0 radical (unpaired) electrons. The molecule has 108 valence electrons. The van der Waals surface area contributed by atoms with E-state index in [0.29, 0.717) is 6.42 Å². The lowest BCUT2D eigenvalue weighted by Gasteiger charge is -2.23. The monoisotopic (exact) mass is 257 g/mol. The van der Waals surface area contributed by atoms with E-state index in [1.54, 1.807) is 0 Å². The third kappa shape index (κ3) is 13.5. The van der Waals surface area contributed by atoms with Crippen molar-refractivity contribution in [2.45, 2.75) is 58.3 Å². The van der Waals surface area contributed by atoms with E-state index < -0.39 is 0 Å². The zero-order valence-electron chi connectivity index (χ0n) is 12.9. The molecule has 0 bridgehead atoms. The van der Waals surface area contributed by atoms with Crippen LogP contribution in [0.15, 0.2) is 0 Å². The van der Waals surface area contributed by atoms with Crippen LogP contribution in [0.5, 0.6) is 0 Å². The lowest BCUT2D eigenvalue weighted by Crippen LogP contribution is -2.41. The summed E-state index contributed by atoms with van der Waals surface area (Å²) in [6.45, 7) is 4.02. The fourth-order valence-corrected chi connectivity index (χ4v) is 1.86. The molecule has 0 spiro atoms. The third-order valence-electron chi connectivity index (χ3n) is 3.11. The number of likely N-dealkylation sites (N-methyl/N-ethyl adjacent to an activating group) is 1. The smallest absolute Gasteiger partial charge is 0.220 e. The molecular weight excluding hydrogens is 224 g/mol. The molecule has 0 fully saturated rings. The van der Waals surface area contributed by atoms with E-state index in [0.717, 1.165) is 24.0 Å². The van der Waals surface area contributed by atoms with Crippen molar-refractivity contribution in [2.75, 3.05) is 34.2 Å². The summed E-state index contributed by atoms with van der Waals surface area (Å²) in [4.78, 5) is 11.5. The number of hydrogen-bond donors (Lipinski definition) is 1. The molecule has 1 amide bonds. The van der Waals surface area contributed by atoms with Gasteiger partial charge in [-0.2, -0.15) is 0 Å². The van der Waals surface area contributed by atoms with Crippen LogP contribution in [0.1, 0.15) is 58.3 Å². The van der Waals surface area contributed by atoms with E-state index in [-0.39, 0.29) is 5.91 Å². The van der Waals surface area contributed by atoms with Crippen molar-refractivity contribution in [1.29, 1.82) is 0 Å². The maximum absolute atomic E-state index is 11.5. The highest BCUT2D eigenvalue weighted by Gasteiger charge is 2.07. The molecule has 0 aromatic heterocycles. The van der Waals surface area contributed by atoms with Crippen LogP contribution in [0.2, 0.25) is 0 Å². The van der Waals surface area contributed by atoms with Gasteiger partial charge >= 0.3 is 0 Å². The lowest BCUT2D eigenvalue weighted by atomic mass is 10.1. The van der Waals surface area contributed by atoms with Gasteiger partial charge in [-0.15, -0.1) is 0 Å². The van der Waals surface area contributed by atoms with Crippen LogP contribution in [0.4, 0.5) is 0 Å². The quantitative estimate of drug-likeness (QED) is 0.447. The van der Waals surface area contributed by atoms with E-state index in [4.69, 9.17) is 0 Å². The Labute approximate surface area is 114 Å². The molecular formula is C15H33N2O+. The highest BCUT2D eigenvalue weighted by molar-refractivity contribution is 5.75. The van der Waals surface area contributed by atoms with Gasteiger partial charge in [0.2, 0.25) is 5.91 Å². The van der Waals surface area contributed by atoms with Gasteiger partial charge < -0.3 is 9.80 Å². The van der Waals surface area contributed by atoms with Gasteiger partial charge in [0.05, 0.1) is 34.2 Å². The van der Waals surface area contributed by atoms with Gasteiger partial charge in [-0.3, -0.25) is 4.79 Å². The highest BCUT2D eigenvalue weighted by atomic mass is 16.1. The molecule has 0 saturated carbocycles. The van der Waals surface area contributed by atoms with Crippen molar-refractivity contribution >= 4 is 5.91 Å². The van der Waals surface area contributed by atoms with Crippen LogP contribution in [-0.4, -0.2) is 44.6 Å². The average Bonchev–Trinajstić information content (AvgIpc) is 2.26. The van der Waals surface area contributed by atoms with E-state index in [2.05, 4.69) is 33.4 Å². The molecule has 3 heteroatoms. The second-order valence-corrected chi connectivity index (χ2v) is 6.24. The van der Waals surface area contributed by atoms with E-state index in [1.165, 1.54) is 38.5 Å². The maximum atomic E-state index is 11.5. The minimum Gasteiger partial charge on any atom is -0.350 e. The van der Waals surface area contributed by atoms with E-state index >= 15 is 0 Å². The normalized spacial score (nSPS) is 11.6. The fourth-order valence-electron chi connectivity index (χ4n) is 1.86. The Morgan fingerprint density at radius 2 is 1.50 bits per heavy atom. The molecule has 0 aliphatic rings. The minimum absolute atomic E-state index is 0.219. The number of nitrogens with zero attached hydrogens (tertiary/aromatic N) is 1. The Morgan fingerprint density at radius 1 is 0.944 bits per heavy atom. The van der Waals surface area contributed by atoms with Gasteiger partial charge in [0.1, 0.15) is 0 Å².